The van der Waals surface area contributed by atoms with Crippen LogP contribution in [0.2, 0.25) is 0 Å². The fourth-order valence-electron chi connectivity index (χ4n) is 1.83. The monoisotopic (exact) mass is 242 g/mol. The quantitative estimate of drug-likeness (QED) is 0.754. The van der Waals surface area contributed by atoms with Crippen LogP contribution in [0.1, 0.15) is 10.5 Å². The van der Waals surface area contributed by atoms with E-state index in [1.807, 2.05) is 28.8 Å². The van der Waals surface area contributed by atoms with Crippen LogP contribution in [0.4, 0.5) is 0 Å². The van der Waals surface area contributed by atoms with Gasteiger partial charge in [0.2, 0.25) is 0 Å². The number of benzene rings is 1. The van der Waals surface area contributed by atoms with Gasteiger partial charge in [-0.3, -0.25) is 4.68 Å². The predicted molar refractivity (Wildman–Crippen MR) is 64.3 cm³/mol. The average molecular weight is 242 g/mol. The molecular formula is C12H10N4O2. The standard InChI is InChI=1S/C12H10N4O2/c17-12(18)10-5-6-16(14-10)8-15-7-13-9-3-1-2-4-11(9)15/h1-7H,8H2,(H,17,18). The summed E-state index contributed by atoms with van der Waals surface area (Å²) in [6.45, 7) is 0.438. The molecule has 0 spiro atoms. The third kappa shape index (κ3) is 1.73. The van der Waals surface area contributed by atoms with Gasteiger partial charge < -0.3 is 9.67 Å². The highest BCUT2D eigenvalue weighted by atomic mass is 16.4. The number of fused-ring (bicyclic) bond motifs is 1. The number of carboxylic acid groups (broad SMARTS) is 1. The smallest absolute Gasteiger partial charge is 0.356 e. The van der Waals surface area contributed by atoms with E-state index in [0.29, 0.717) is 6.67 Å². The molecule has 6 heteroatoms. The van der Waals surface area contributed by atoms with Crippen LogP contribution in [0.15, 0.2) is 42.9 Å². The molecule has 0 saturated heterocycles. The number of aromatic carboxylic acids is 1. The molecular weight excluding hydrogens is 232 g/mol. The van der Waals surface area contributed by atoms with E-state index in [0.717, 1.165) is 11.0 Å². The Morgan fingerprint density at radius 1 is 1.28 bits per heavy atom. The van der Waals surface area contributed by atoms with Gasteiger partial charge >= 0.3 is 5.97 Å². The Morgan fingerprint density at radius 3 is 2.89 bits per heavy atom. The molecule has 2 aromatic heterocycles. The molecule has 0 aliphatic rings. The lowest BCUT2D eigenvalue weighted by Crippen LogP contribution is -2.09. The molecule has 0 aliphatic heterocycles. The zero-order valence-electron chi connectivity index (χ0n) is 9.39. The molecule has 1 aromatic carbocycles. The lowest BCUT2D eigenvalue weighted by Gasteiger charge is -2.03. The average Bonchev–Trinajstić information content (AvgIpc) is 2.98. The van der Waals surface area contributed by atoms with Crippen LogP contribution in [-0.4, -0.2) is 30.4 Å². The molecule has 0 atom stereocenters. The molecule has 0 bridgehead atoms. The number of nitrogens with zero attached hydrogens (tertiary/aromatic N) is 4. The van der Waals surface area contributed by atoms with Gasteiger partial charge in [0.15, 0.2) is 5.69 Å². The van der Waals surface area contributed by atoms with Crippen molar-refractivity contribution in [2.75, 3.05) is 0 Å². The van der Waals surface area contributed by atoms with Crippen molar-refractivity contribution in [1.82, 2.24) is 19.3 Å². The van der Waals surface area contributed by atoms with Crippen LogP contribution in [0, 0.1) is 0 Å². The molecule has 6 nitrogen and oxygen atoms in total. The first-order valence-electron chi connectivity index (χ1n) is 5.40. The SMILES string of the molecule is O=C(O)c1ccn(Cn2cnc3ccccc32)n1. The molecule has 18 heavy (non-hydrogen) atoms. The van der Waals surface area contributed by atoms with Crippen LogP contribution in [0.25, 0.3) is 11.0 Å². The number of hydrogen-bond donors (Lipinski definition) is 1. The molecule has 0 amide bonds. The Kier molecular flexibility index (Phi) is 2.33. The van der Waals surface area contributed by atoms with E-state index in [2.05, 4.69) is 10.1 Å². The maximum atomic E-state index is 10.7. The summed E-state index contributed by atoms with van der Waals surface area (Å²) in [5.41, 5.74) is 1.94. The highest BCUT2D eigenvalue weighted by molar-refractivity contribution is 5.85. The normalized spacial score (nSPS) is 10.9. The van der Waals surface area contributed by atoms with E-state index >= 15 is 0 Å². The molecule has 0 fully saturated rings. The molecule has 0 unspecified atom stereocenters. The van der Waals surface area contributed by atoms with Crippen LogP contribution < -0.4 is 0 Å². The summed E-state index contributed by atoms with van der Waals surface area (Å²) in [5.74, 6) is -1.02. The summed E-state index contributed by atoms with van der Waals surface area (Å²) in [5, 5.41) is 12.8. The summed E-state index contributed by atoms with van der Waals surface area (Å²) in [4.78, 5) is 15.0. The number of carbonyl (C=O) groups is 1. The van der Waals surface area contributed by atoms with Crippen LogP contribution in [0.3, 0.4) is 0 Å². The molecule has 2 heterocycles. The van der Waals surface area contributed by atoms with Crippen molar-refractivity contribution >= 4 is 17.0 Å². The topological polar surface area (TPSA) is 72.9 Å². The van der Waals surface area contributed by atoms with Crippen molar-refractivity contribution in [3.05, 3.63) is 48.5 Å². The Labute approximate surface area is 102 Å². The Hall–Kier alpha value is -2.63. The van der Waals surface area contributed by atoms with E-state index in [1.54, 1.807) is 17.2 Å². The minimum Gasteiger partial charge on any atom is -0.476 e. The second-order valence-corrected chi connectivity index (χ2v) is 3.89. The zero-order chi connectivity index (χ0) is 12.5. The number of imidazole rings is 1. The number of carboxylic acids is 1. The fourth-order valence-corrected chi connectivity index (χ4v) is 1.83. The van der Waals surface area contributed by atoms with Gasteiger partial charge in [-0.25, -0.2) is 9.78 Å². The highest BCUT2D eigenvalue weighted by Gasteiger charge is 2.07. The van der Waals surface area contributed by atoms with Gasteiger partial charge in [0.1, 0.15) is 6.67 Å². The van der Waals surface area contributed by atoms with Crippen molar-refractivity contribution in [3.63, 3.8) is 0 Å². The number of hydrogen-bond acceptors (Lipinski definition) is 3. The van der Waals surface area contributed by atoms with Crippen molar-refractivity contribution in [2.45, 2.75) is 6.67 Å². The van der Waals surface area contributed by atoms with Gasteiger partial charge in [0.25, 0.3) is 0 Å². The maximum Gasteiger partial charge on any atom is 0.356 e. The Balaban J connectivity index is 1.93. The van der Waals surface area contributed by atoms with E-state index in [4.69, 9.17) is 5.11 Å². The summed E-state index contributed by atoms with van der Waals surface area (Å²) in [6.07, 6.45) is 3.35. The lowest BCUT2D eigenvalue weighted by molar-refractivity contribution is 0.0689. The van der Waals surface area contributed by atoms with Gasteiger partial charge in [-0.2, -0.15) is 5.10 Å². The van der Waals surface area contributed by atoms with Crippen molar-refractivity contribution in [3.8, 4) is 0 Å². The Bertz CT molecular complexity index is 714. The molecule has 0 saturated carbocycles. The second-order valence-electron chi connectivity index (χ2n) is 3.89. The van der Waals surface area contributed by atoms with Crippen LogP contribution >= 0.6 is 0 Å². The molecule has 0 aliphatic carbocycles. The second kappa shape index (κ2) is 3.99. The maximum absolute atomic E-state index is 10.7. The summed E-state index contributed by atoms with van der Waals surface area (Å²) in [6, 6.07) is 9.23. The minimum absolute atomic E-state index is 0.0411. The van der Waals surface area contributed by atoms with Gasteiger partial charge in [0, 0.05) is 6.20 Å². The summed E-state index contributed by atoms with van der Waals surface area (Å²) in [7, 11) is 0. The minimum atomic E-state index is -1.02. The highest BCUT2D eigenvalue weighted by Crippen LogP contribution is 2.11. The first-order chi connectivity index (χ1) is 8.74. The summed E-state index contributed by atoms with van der Waals surface area (Å²) >= 11 is 0. The van der Waals surface area contributed by atoms with E-state index in [-0.39, 0.29) is 5.69 Å². The summed E-state index contributed by atoms with van der Waals surface area (Å²) < 4.78 is 3.48. The Morgan fingerprint density at radius 2 is 2.11 bits per heavy atom. The molecule has 3 aromatic rings. The lowest BCUT2D eigenvalue weighted by atomic mass is 10.3. The van der Waals surface area contributed by atoms with Crippen molar-refractivity contribution < 1.29 is 9.90 Å². The van der Waals surface area contributed by atoms with Crippen LogP contribution in [-0.2, 0) is 6.67 Å². The van der Waals surface area contributed by atoms with Gasteiger partial charge in [-0.05, 0) is 18.2 Å². The zero-order valence-corrected chi connectivity index (χ0v) is 9.39. The predicted octanol–water partition coefficient (Wildman–Crippen LogP) is 1.44. The third-order valence-electron chi connectivity index (χ3n) is 2.68. The van der Waals surface area contributed by atoms with E-state index in [9.17, 15) is 4.79 Å². The third-order valence-corrected chi connectivity index (χ3v) is 2.68. The van der Waals surface area contributed by atoms with Crippen LogP contribution in [0.5, 0.6) is 0 Å². The fraction of sp³-hybridized carbons (Fsp3) is 0.0833. The molecule has 1 N–H and O–H groups in total. The molecule has 90 valence electrons. The van der Waals surface area contributed by atoms with Gasteiger partial charge in [0.05, 0.1) is 17.4 Å². The largest absolute Gasteiger partial charge is 0.476 e. The number of aromatic nitrogens is 4. The first-order valence-corrected chi connectivity index (χ1v) is 5.40. The molecule has 3 rings (SSSR count). The van der Waals surface area contributed by atoms with Crippen molar-refractivity contribution in [2.24, 2.45) is 0 Å². The van der Waals surface area contributed by atoms with E-state index < -0.39 is 5.97 Å². The first kappa shape index (κ1) is 10.5. The van der Waals surface area contributed by atoms with Gasteiger partial charge in [-0.15, -0.1) is 0 Å². The number of rotatable bonds is 3. The van der Waals surface area contributed by atoms with Crippen molar-refractivity contribution in [1.29, 1.82) is 0 Å². The number of para-hydroxylation sites is 2. The molecule has 0 radical (unpaired) electrons. The van der Waals surface area contributed by atoms with Gasteiger partial charge in [-0.1, -0.05) is 12.1 Å². The van der Waals surface area contributed by atoms with E-state index in [1.165, 1.54) is 6.07 Å².